The maximum Gasteiger partial charge on any atom is 0.0168 e. The van der Waals surface area contributed by atoms with Gasteiger partial charge in [-0.25, -0.2) is 0 Å². The first-order valence-electron chi connectivity index (χ1n) is 5.48. The zero-order chi connectivity index (χ0) is 9.52. The molecule has 0 amide bonds. The zero-order valence-electron chi connectivity index (χ0n) is 8.90. The van der Waals surface area contributed by atoms with Crippen LogP contribution in [0.3, 0.4) is 0 Å². The third-order valence-electron chi connectivity index (χ3n) is 2.76. The summed E-state index contributed by atoms with van der Waals surface area (Å²) in [4.78, 5) is 0. The Morgan fingerprint density at radius 2 is 2.23 bits per heavy atom. The van der Waals surface area contributed by atoms with E-state index in [-0.39, 0.29) is 0 Å². The van der Waals surface area contributed by atoms with Crippen molar-refractivity contribution in [3.05, 3.63) is 11.6 Å². The second-order valence-electron chi connectivity index (χ2n) is 3.71. The van der Waals surface area contributed by atoms with Gasteiger partial charge in [0.15, 0.2) is 0 Å². The summed E-state index contributed by atoms with van der Waals surface area (Å²) in [7, 11) is 0. The van der Waals surface area contributed by atoms with Gasteiger partial charge < -0.3 is 10.6 Å². The van der Waals surface area contributed by atoms with Crippen LogP contribution in [-0.4, -0.2) is 25.7 Å². The van der Waals surface area contributed by atoms with Crippen molar-refractivity contribution < 1.29 is 0 Å². The van der Waals surface area contributed by atoms with E-state index in [9.17, 15) is 0 Å². The van der Waals surface area contributed by atoms with Gasteiger partial charge in [0.05, 0.1) is 0 Å². The molecular weight excluding hydrogens is 160 g/mol. The topological polar surface area (TPSA) is 24.1 Å². The first kappa shape index (κ1) is 10.7. The monoisotopic (exact) mass is 182 g/mol. The largest absolute Gasteiger partial charge is 0.313 e. The molecule has 0 saturated carbocycles. The molecule has 0 radical (unpaired) electrons. The van der Waals surface area contributed by atoms with E-state index >= 15 is 0 Å². The van der Waals surface area contributed by atoms with E-state index in [2.05, 4.69) is 30.6 Å². The molecule has 1 aliphatic heterocycles. The smallest absolute Gasteiger partial charge is 0.0168 e. The van der Waals surface area contributed by atoms with E-state index in [1.807, 2.05) is 0 Å². The molecule has 0 aromatic heterocycles. The number of rotatable bonds is 5. The minimum Gasteiger partial charge on any atom is -0.313 e. The normalized spacial score (nSPS) is 17.6. The van der Waals surface area contributed by atoms with Crippen molar-refractivity contribution in [2.24, 2.45) is 0 Å². The Hall–Kier alpha value is -0.340. The lowest BCUT2D eigenvalue weighted by Crippen LogP contribution is -2.32. The first-order chi connectivity index (χ1) is 6.36. The molecule has 0 fully saturated rings. The van der Waals surface area contributed by atoms with Gasteiger partial charge in [-0.1, -0.05) is 25.5 Å². The van der Waals surface area contributed by atoms with E-state index < -0.39 is 0 Å². The van der Waals surface area contributed by atoms with Crippen LogP contribution in [0.1, 0.15) is 33.1 Å². The van der Waals surface area contributed by atoms with E-state index in [4.69, 9.17) is 0 Å². The predicted molar refractivity (Wildman–Crippen MR) is 57.9 cm³/mol. The van der Waals surface area contributed by atoms with E-state index in [1.54, 1.807) is 5.57 Å². The average Bonchev–Trinajstić information content (AvgIpc) is 2.21. The zero-order valence-corrected chi connectivity index (χ0v) is 8.90. The van der Waals surface area contributed by atoms with Crippen LogP contribution < -0.4 is 10.6 Å². The van der Waals surface area contributed by atoms with Gasteiger partial charge in [-0.2, -0.15) is 0 Å². The van der Waals surface area contributed by atoms with Crippen molar-refractivity contribution in [1.29, 1.82) is 0 Å². The van der Waals surface area contributed by atoms with Gasteiger partial charge >= 0.3 is 0 Å². The number of nitrogens with one attached hydrogen (secondary N) is 2. The van der Waals surface area contributed by atoms with Crippen LogP contribution in [0.2, 0.25) is 0 Å². The van der Waals surface area contributed by atoms with Crippen LogP contribution in [0.4, 0.5) is 0 Å². The maximum absolute atomic E-state index is 3.59. The molecule has 2 heteroatoms. The molecule has 0 unspecified atom stereocenters. The molecule has 76 valence electrons. The quantitative estimate of drug-likeness (QED) is 0.632. The summed E-state index contributed by atoms with van der Waals surface area (Å²) < 4.78 is 0. The van der Waals surface area contributed by atoms with Crippen molar-refractivity contribution in [2.75, 3.05) is 19.6 Å². The molecule has 2 nitrogen and oxygen atoms in total. The van der Waals surface area contributed by atoms with Crippen molar-refractivity contribution >= 4 is 0 Å². The first-order valence-corrected chi connectivity index (χ1v) is 5.48. The number of hydrogen-bond donors (Lipinski definition) is 2. The van der Waals surface area contributed by atoms with Crippen LogP contribution in [0.15, 0.2) is 11.6 Å². The highest BCUT2D eigenvalue weighted by Gasteiger charge is 2.05. The highest BCUT2D eigenvalue weighted by atomic mass is 14.9. The highest BCUT2D eigenvalue weighted by molar-refractivity contribution is 5.08. The molecule has 0 spiro atoms. The van der Waals surface area contributed by atoms with Crippen LogP contribution >= 0.6 is 0 Å². The fourth-order valence-corrected chi connectivity index (χ4v) is 1.68. The van der Waals surface area contributed by atoms with Crippen LogP contribution in [0.25, 0.3) is 0 Å². The molecule has 0 saturated heterocycles. The fraction of sp³-hybridized carbons (Fsp3) is 0.818. The molecule has 0 atom stereocenters. The molecular formula is C11H22N2. The summed E-state index contributed by atoms with van der Waals surface area (Å²) in [6, 6.07) is 0.704. The summed E-state index contributed by atoms with van der Waals surface area (Å²) in [5, 5.41) is 6.92. The lowest BCUT2D eigenvalue weighted by atomic mass is 10.1. The van der Waals surface area contributed by atoms with Gasteiger partial charge in [0.25, 0.3) is 0 Å². The minimum atomic E-state index is 0.704. The summed E-state index contributed by atoms with van der Waals surface area (Å²) >= 11 is 0. The summed E-state index contributed by atoms with van der Waals surface area (Å²) in [5.74, 6) is 0. The Balaban J connectivity index is 2.20. The molecule has 1 rings (SSSR count). The lowest BCUT2D eigenvalue weighted by molar-refractivity contribution is 0.497. The standard InChI is InChI=1S/C11H22N2/c1-3-11(4-2)13-9-10-5-7-12-8-6-10/h5,11-13H,3-4,6-9H2,1-2H3. The van der Waals surface area contributed by atoms with Crippen molar-refractivity contribution in [1.82, 2.24) is 10.6 Å². The third kappa shape index (κ3) is 3.92. The summed E-state index contributed by atoms with van der Waals surface area (Å²) in [5.41, 5.74) is 1.57. The summed E-state index contributed by atoms with van der Waals surface area (Å²) in [6.45, 7) is 7.79. The van der Waals surface area contributed by atoms with E-state index in [0.717, 1.165) is 19.6 Å². The molecule has 0 aromatic rings. The van der Waals surface area contributed by atoms with Gasteiger partial charge in [-0.05, 0) is 25.8 Å². The molecule has 1 heterocycles. The van der Waals surface area contributed by atoms with E-state index in [0.29, 0.717) is 6.04 Å². The Bertz CT molecular complexity index is 159. The van der Waals surface area contributed by atoms with Gasteiger partial charge in [-0.3, -0.25) is 0 Å². The second-order valence-corrected chi connectivity index (χ2v) is 3.71. The van der Waals surface area contributed by atoms with Crippen LogP contribution in [0, 0.1) is 0 Å². The van der Waals surface area contributed by atoms with Gasteiger partial charge in [0.2, 0.25) is 0 Å². The van der Waals surface area contributed by atoms with Gasteiger partial charge in [0, 0.05) is 19.1 Å². The molecule has 2 N–H and O–H groups in total. The van der Waals surface area contributed by atoms with E-state index in [1.165, 1.54) is 19.3 Å². The van der Waals surface area contributed by atoms with Gasteiger partial charge in [0.1, 0.15) is 0 Å². The Kier molecular flexibility index (Phi) is 5.09. The Labute approximate surface area is 81.8 Å². The summed E-state index contributed by atoms with van der Waals surface area (Å²) in [6.07, 6.45) is 6.01. The predicted octanol–water partition coefficient (Wildman–Crippen LogP) is 1.68. The van der Waals surface area contributed by atoms with Crippen LogP contribution in [-0.2, 0) is 0 Å². The lowest BCUT2D eigenvalue weighted by Gasteiger charge is -2.18. The minimum absolute atomic E-state index is 0.704. The molecule has 0 bridgehead atoms. The van der Waals surface area contributed by atoms with Crippen molar-refractivity contribution in [3.63, 3.8) is 0 Å². The Morgan fingerprint density at radius 1 is 1.46 bits per heavy atom. The van der Waals surface area contributed by atoms with Gasteiger partial charge in [-0.15, -0.1) is 0 Å². The average molecular weight is 182 g/mol. The molecule has 0 aromatic carbocycles. The second kappa shape index (κ2) is 6.17. The molecule has 0 aliphatic carbocycles. The SMILES string of the molecule is CCC(CC)NCC1=CCNCC1. The van der Waals surface area contributed by atoms with Crippen molar-refractivity contribution in [3.8, 4) is 0 Å². The highest BCUT2D eigenvalue weighted by Crippen LogP contribution is 2.04. The van der Waals surface area contributed by atoms with Crippen molar-refractivity contribution in [2.45, 2.75) is 39.2 Å². The fourth-order valence-electron chi connectivity index (χ4n) is 1.68. The Morgan fingerprint density at radius 3 is 2.77 bits per heavy atom. The molecule has 13 heavy (non-hydrogen) atoms. The third-order valence-corrected chi connectivity index (χ3v) is 2.76. The number of hydrogen-bond acceptors (Lipinski definition) is 2. The molecule has 1 aliphatic rings. The van der Waals surface area contributed by atoms with Crippen LogP contribution in [0.5, 0.6) is 0 Å². The maximum atomic E-state index is 3.59.